The number of nitrogens with zero attached hydrogens (tertiary/aromatic N) is 2. The van der Waals surface area contributed by atoms with E-state index in [9.17, 15) is 9.59 Å². The Kier molecular flexibility index (Phi) is 6.68. The van der Waals surface area contributed by atoms with Crippen LogP contribution < -0.4 is 22.5 Å². The van der Waals surface area contributed by atoms with Gasteiger partial charge < -0.3 is 26.3 Å². The monoisotopic (exact) mass is 343 g/mol. The zero-order valence-corrected chi connectivity index (χ0v) is 13.5. The molecule has 9 nitrogen and oxygen atoms in total. The topological polar surface area (TPSA) is 134 Å². The maximum Gasteiger partial charge on any atom is 0.407 e. The highest BCUT2D eigenvalue weighted by Crippen LogP contribution is 2.30. The van der Waals surface area contributed by atoms with Crippen molar-refractivity contribution < 1.29 is 14.3 Å². The zero-order valence-electron chi connectivity index (χ0n) is 12.6. The number of hydrogen-bond donors (Lipinski definition) is 3. The van der Waals surface area contributed by atoms with Crippen molar-refractivity contribution in [2.75, 3.05) is 31.2 Å². The molecule has 0 saturated carbocycles. The lowest BCUT2D eigenvalue weighted by Gasteiger charge is -2.14. The fourth-order valence-corrected chi connectivity index (χ4v) is 2.97. The summed E-state index contributed by atoms with van der Waals surface area (Å²) in [6.45, 7) is 1.24. The van der Waals surface area contributed by atoms with Crippen LogP contribution in [0.3, 0.4) is 0 Å². The SMILES string of the molecule is NCCCCNC(=O)OC[C@@H]1O[C@H](n2ccc(N)nc2=O)CS1. The third-order valence-electron chi connectivity index (χ3n) is 3.15. The van der Waals surface area contributed by atoms with Gasteiger partial charge in [0.1, 0.15) is 24.1 Å². The van der Waals surface area contributed by atoms with E-state index < -0.39 is 18.0 Å². The van der Waals surface area contributed by atoms with Gasteiger partial charge in [-0.15, -0.1) is 11.8 Å². The molecule has 1 aromatic heterocycles. The van der Waals surface area contributed by atoms with E-state index in [0.29, 0.717) is 18.8 Å². The van der Waals surface area contributed by atoms with Crippen molar-refractivity contribution in [2.24, 2.45) is 5.73 Å². The predicted molar refractivity (Wildman–Crippen MR) is 86.9 cm³/mol. The molecule has 5 N–H and O–H groups in total. The van der Waals surface area contributed by atoms with E-state index >= 15 is 0 Å². The van der Waals surface area contributed by atoms with Gasteiger partial charge in [0.15, 0.2) is 0 Å². The van der Waals surface area contributed by atoms with E-state index in [4.69, 9.17) is 20.9 Å². The quantitative estimate of drug-likeness (QED) is 0.583. The molecular formula is C13H21N5O4S. The second kappa shape index (κ2) is 8.75. The van der Waals surface area contributed by atoms with Crippen LogP contribution >= 0.6 is 11.8 Å². The minimum atomic E-state index is -0.485. The van der Waals surface area contributed by atoms with Gasteiger partial charge in [0.25, 0.3) is 0 Å². The van der Waals surface area contributed by atoms with E-state index in [1.807, 2.05) is 0 Å². The molecule has 2 rings (SSSR count). The summed E-state index contributed by atoms with van der Waals surface area (Å²) in [5.74, 6) is 0.737. The molecule has 0 bridgehead atoms. The number of nitrogens with two attached hydrogens (primary N) is 2. The summed E-state index contributed by atoms with van der Waals surface area (Å²) in [6, 6.07) is 1.54. The van der Waals surface area contributed by atoms with Crippen molar-refractivity contribution in [1.82, 2.24) is 14.9 Å². The number of thioether (sulfide) groups is 1. The van der Waals surface area contributed by atoms with Crippen LogP contribution in [-0.2, 0) is 9.47 Å². The maximum atomic E-state index is 11.7. The highest BCUT2D eigenvalue weighted by Gasteiger charge is 2.29. The smallest absolute Gasteiger partial charge is 0.407 e. The molecule has 1 amide bonds. The average Bonchev–Trinajstić information content (AvgIpc) is 2.98. The summed E-state index contributed by atoms with van der Waals surface area (Å²) in [6.07, 6.45) is 2.29. The summed E-state index contributed by atoms with van der Waals surface area (Å²) in [4.78, 5) is 26.9. The molecule has 0 spiro atoms. The normalized spacial score (nSPS) is 20.4. The Labute approximate surface area is 137 Å². The molecule has 2 atom stereocenters. The van der Waals surface area contributed by atoms with Crippen molar-refractivity contribution in [3.63, 3.8) is 0 Å². The lowest BCUT2D eigenvalue weighted by atomic mass is 10.3. The highest BCUT2D eigenvalue weighted by molar-refractivity contribution is 8.00. The van der Waals surface area contributed by atoms with Crippen molar-refractivity contribution in [3.05, 3.63) is 22.7 Å². The Bertz CT molecular complexity index is 582. The molecular weight excluding hydrogens is 322 g/mol. The number of carbonyl (C=O) groups excluding carboxylic acids is 1. The average molecular weight is 343 g/mol. The third-order valence-corrected chi connectivity index (χ3v) is 4.24. The van der Waals surface area contributed by atoms with Crippen molar-refractivity contribution in [3.8, 4) is 0 Å². The number of carbonyl (C=O) groups is 1. The molecule has 0 radical (unpaired) electrons. The van der Waals surface area contributed by atoms with Crippen LogP contribution in [0.1, 0.15) is 19.1 Å². The second-order valence-corrected chi connectivity index (χ2v) is 6.11. The number of rotatable bonds is 7. The first-order valence-corrected chi connectivity index (χ1v) is 8.37. The molecule has 1 fully saturated rings. The van der Waals surface area contributed by atoms with E-state index in [0.717, 1.165) is 12.8 Å². The van der Waals surface area contributed by atoms with Crippen molar-refractivity contribution >= 4 is 23.7 Å². The number of alkyl carbamates (subject to hydrolysis) is 1. The molecule has 1 saturated heterocycles. The molecule has 1 aliphatic heterocycles. The van der Waals surface area contributed by atoms with E-state index in [1.54, 1.807) is 6.20 Å². The Morgan fingerprint density at radius 1 is 1.57 bits per heavy atom. The fraction of sp³-hybridized carbons (Fsp3) is 0.615. The molecule has 0 aliphatic carbocycles. The molecule has 10 heteroatoms. The Balaban J connectivity index is 1.73. The van der Waals surface area contributed by atoms with Crippen LogP contribution in [0.4, 0.5) is 10.6 Å². The molecule has 2 heterocycles. The first-order chi connectivity index (χ1) is 11.1. The van der Waals surface area contributed by atoms with E-state index in [-0.39, 0.29) is 17.9 Å². The minimum absolute atomic E-state index is 0.112. The van der Waals surface area contributed by atoms with Gasteiger partial charge in [0.05, 0.1) is 0 Å². The highest BCUT2D eigenvalue weighted by atomic mass is 32.2. The minimum Gasteiger partial charge on any atom is -0.446 e. The summed E-state index contributed by atoms with van der Waals surface area (Å²) in [5, 5.41) is 2.64. The van der Waals surface area contributed by atoms with Gasteiger partial charge >= 0.3 is 11.8 Å². The van der Waals surface area contributed by atoms with Gasteiger partial charge in [-0.3, -0.25) is 4.57 Å². The van der Waals surface area contributed by atoms with Crippen molar-refractivity contribution in [2.45, 2.75) is 24.5 Å². The number of aromatic nitrogens is 2. The van der Waals surface area contributed by atoms with Crippen LogP contribution in [-0.4, -0.2) is 46.5 Å². The number of ether oxygens (including phenoxy) is 2. The zero-order chi connectivity index (χ0) is 16.7. The summed E-state index contributed by atoms with van der Waals surface area (Å²) in [5.41, 5.74) is 10.0. The van der Waals surface area contributed by atoms with Crippen LogP contribution in [0.25, 0.3) is 0 Å². The van der Waals surface area contributed by atoms with Gasteiger partial charge in [-0.2, -0.15) is 4.98 Å². The number of unbranched alkanes of at least 4 members (excludes halogenated alkanes) is 1. The molecule has 0 aromatic carbocycles. The molecule has 1 aromatic rings. The predicted octanol–water partition coefficient (Wildman–Crippen LogP) is -0.121. The number of anilines is 1. The molecule has 1 aliphatic rings. The van der Waals surface area contributed by atoms with Gasteiger partial charge in [-0.05, 0) is 25.5 Å². The van der Waals surface area contributed by atoms with Gasteiger partial charge in [0.2, 0.25) is 0 Å². The van der Waals surface area contributed by atoms with Gasteiger partial charge in [-0.25, -0.2) is 9.59 Å². The molecule has 128 valence electrons. The maximum absolute atomic E-state index is 11.7. The second-order valence-electron chi connectivity index (χ2n) is 4.92. The third kappa shape index (κ3) is 5.41. The largest absolute Gasteiger partial charge is 0.446 e. The Hall–Kier alpha value is -1.78. The summed E-state index contributed by atoms with van der Waals surface area (Å²) >= 11 is 1.47. The van der Waals surface area contributed by atoms with Crippen molar-refractivity contribution in [1.29, 1.82) is 0 Å². The van der Waals surface area contributed by atoms with Gasteiger partial charge in [0, 0.05) is 18.5 Å². The molecule has 23 heavy (non-hydrogen) atoms. The van der Waals surface area contributed by atoms with Crippen LogP contribution in [0, 0.1) is 0 Å². The lowest BCUT2D eigenvalue weighted by molar-refractivity contribution is -0.0105. The number of amides is 1. The lowest BCUT2D eigenvalue weighted by Crippen LogP contribution is -2.30. The van der Waals surface area contributed by atoms with E-state index in [1.165, 1.54) is 22.4 Å². The Morgan fingerprint density at radius 2 is 2.39 bits per heavy atom. The molecule has 0 unspecified atom stereocenters. The number of nitrogen functional groups attached to an aromatic ring is 1. The fourth-order valence-electron chi connectivity index (χ4n) is 1.98. The number of nitrogens with one attached hydrogen (secondary N) is 1. The summed E-state index contributed by atoms with van der Waals surface area (Å²) in [7, 11) is 0. The van der Waals surface area contributed by atoms with Gasteiger partial charge in [-0.1, -0.05) is 0 Å². The Morgan fingerprint density at radius 3 is 3.13 bits per heavy atom. The first-order valence-electron chi connectivity index (χ1n) is 7.32. The standard InChI is InChI=1S/C13H21N5O4S/c14-4-1-2-5-16-13(20)21-7-11-22-10(8-23-11)18-6-3-9(15)17-12(18)19/h3,6,10-11H,1-2,4-5,7-8,14H2,(H,16,20)(H2,15,17,19)/t10-,11+/m0/s1. The number of hydrogen-bond acceptors (Lipinski definition) is 8. The van der Waals surface area contributed by atoms with Crippen LogP contribution in [0.2, 0.25) is 0 Å². The van der Waals surface area contributed by atoms with Crippen LogP contribution in [0.5, 0.6) is 0 Å². The van der Waals surface area contributed by atoms with E-state index in [2.05, 4.69) is 10.3 Å². The van der Waals surface area contributed by atoms with Crippen LogP contribution in [0.15, 0.2) is 17.1 Å². The first kappa shape index (κ1) is 17.6. The summed E-state index contributed by atoms with van der Waals surface area (Å²) < 4.78 is 12.1.